The van der Waals surface area contributed by atoms with E-state index < -0.39 is 0 Å². The van der Waals surface area contributed by atoms with Crippen LogP contribution in [0.3, 0.4) is 0 Å². The number of likely N-dealkylation sites (N-methyl/N-ethyl adjacent to an activating group) is 1. The molecule has 0 saturated heterocycles. The highest BCUT2D eigenvalue weighted by Crippen LogP contribution is 2.46. The van der Waals surface area contributed by atoms with E-state index in [2.05, 4.69) is 35.8 Å². The highest BCUT2D eigenvalue weighted by atomic mass is 16.1. The largest absolute Gasteiger partial charge is 0.369 e. The van der Waals surface area contributed by atoms with Gasteiger partial charge in [-0.25, -0.2) is 0 Å². The van der Waals surface area contributed by atoms with Crippen LogP contribution in [0, 0.1) is 0 Å². The van der Waals surface area contributed by atoms with E-state index in [9.17, 15) is 9.59 Å². The lowest BCUT2D eigenvalue weighted by molar-refractivity contribution is -0.119. The molecular formula is C25H29N3O2. The Morgan fingerprint density at radius 3 is 2.40 bits per heavy atom. The minimum absolute atomic E-state index is 0.0475. The molecule has 0 aliphatic carbocycles. The number of nitrogens with two attached hydrogens (primary N) is 1. The van der Waals surface area contributed by atoms with Crippen LogP contribution in [0.25, 0.3) is 0 Å². The predicted molar refractivity (Wildman–Crippen MR) is 121 cm³/mol. The molecule has 0 spiro atoms. The summed E-state index contributed by atoms with van der Waals surface area (Å²) in [5.74, 6) is -0.568. The van der Waals surface area contributed by atoms with Gasteiger partial charge in [-0.05, 0) is 36.6 Å². The normalized spacial score (nSPS) is 23.3. The zero-order valence-corrected chi connectivity index (χ0v) is 18.1. The smallest absolute Gasteiger partial charge is 0.225 e. The van der Waals surface area contributed by atoms with E-state index in [1.165, 1.54) is 5.56 Å². The molecule has 0 saturated carbocycles. The lowest BCUT2D eigenvalue weighted by Gasteiger charge is -2.39. The molecule has 2 heterocycles. The first-order chi connectivity index (χ1) is 14.2. The number of benzene rings is 2. The Balaban J connectivity index is 1.63. The zero-order valence-electron chi connectivity index (χ0n) is 18.1. The zero-order chi connectivity index (χ0) is 21.6. The van der Waals surface area contributed by atoms with Gasteiger partial charge in [0.25, 0.3) is 0 Å². The van der Waals surface area contributed by atoms with Crippen molar-refractivity contribution in [2.24, 2.45) is 5.73 Å². The molecule has 2 aromatic carbocycles. The maximum absolute atomic E-state index is 13.2. The highest BCUT2D eigenvalue weighted by Gasteiger charge is 2.39. The fourth-order valence-corrected chi connectivity index (χ4v) is 5.01. The lowest BCUT2D eigenvalue weighted by Crippen LogP contribution is -2.44. The van der Waals surface area contributed by atoms with Crippen molar-refractivity contribution in [1.82, 2.24) is 0 Å². The Morgan fingerprint density at radius 2 is 1.73 bits per heavy atom. The molecule has 0 radical (unpaired) electrons. The van der Waals surface area contributed by atoms with Gasteiger partial charge in [-0.3, -0.25) is 9.59 Å². The van der Waals surface area contributed by atoms with Crippen molar-refractivity contribution in [3.8, 4) is 0 Å². The van der Waals surface area contributed by atoms with E-state index >= 15 is 0 Å². The number of allylic oxidation sites excluding steroid dienone is 1. The fraction of sp³-hybridized carbons (Fsp3) is 0.360. The molecule has 0 fully saturated rings. The molecule has 2 unspecified atom stereocenters. The quantitative estimate of drug-likeness (QED) is 0.790. The summed E-state index contributed by atoms with van der Waals surface area (Å²) in [6, 6.07) is 16.1. The molecular weight excluding hydrogens is 374 g/mol. The molecule has 2 aliphatic heterocycles. The summed E-state index contributed by atoms with van der Waals surface area (Å²) < 4.78 is 0. The molecule has 30 heavy (non-hydrogen) atoms. The summed E-state index contributed by atoms with van der Waals surface area (Å²) in [6.45, 7) is 6.64. The molecule has 1 amide bonds. The summed E-state index contributed by atoms with van der Waals surface area (Å²) in [5.41, 5.74) is 10.6. The topological polar surface area (TPSA) is 66.6 Å². The minimum atomic E-state index is -0.311. The van der Waals surface area contributed by atoms with Gasteiger partial charge in [0.05, 0.1) is 12.5 Å². The number of amides is 1. The number of hydrogen-bond donors (Lipinski definition) is 1. The number of nitrogens with zero attached hydrogens (tertiary/aromatic N) is 2. The van der Waals surface area contributed by atoms with Crippen molar-refractivity contribution in [3.63, 3.8) is 0 Å². The summed E-state index contributed by atoms with van der Waals surface area (Å²) in [7, 11) is 2.02. The highest BCUT2D eigenvalue weighted by molar-refractivity contribution is 5.96. The molecule has 4 rings (SSSR count). The Labute approximate surface area is 178 Å². The van der Waals surface area contributed by atoms with Crippen LogP contribution in [0.1, 0.15) is 44.2 Å². The second-order valence-corrected chi connectivity index (χ2v) is 8.92. The maximum Gasteiger partial charge on any atom is 0.225 e. The Kier molecular flexibility index (Phi) is 4.92. The van der Waals surface area contributed by atoms with Gasteiger partial charge in [0.15, 0.2) is 5.78 Å². The molecule has 5 nitrogen and oxygen atoms in total. The number of hydrogen-bond acceptors (Lipinski definition) is 4. The molecule has 2 aromatic rings. The van der Waals surface area contributed by atoms with Crippen LogP contribution in [0.5, 0.6) is 0 Å². The van der Waals surface area contributed by atoms with Crippen molar-refractivity contribution in [3.05, 3.63) is 71.4 Å². The third-order valence-electron chi connectivity index (χ3n) is 6.64. The van der Waals surface area contributed by atoms with E-state index in [1.807, 2.05) is 50.4 Å². The molecule has 2 atom stereocenters. The van der Waals surface area contributed by atoms with Crippen LogP contribution in [-0.4, -0.2) is 31.3 Å². The number of rotatable bonds is 4. The van der Waals surface area contributed by atoms with Crippen LogP contribution in [0.15, 0.2) is 60.3 Å². The van der Waals surface area contributed by atoms with E-state index in [-0.39, 0.29) is 35.6 Å². The van der Waals surface area contributed by atoms with E-state index in [0.717, 1.165) is 22.6 Å². The number of ketones is 1. The number of carbonyl (C=O) groups excluding carboxylic acids is 2. The van der Waals surface area contributed by atoms with Crippen molar-refractivity contribution in [2.45, 2.75) is 44.6 Å². The maximum atomic E-state index is 13.2. The summed E-state index contributed by atoms with van der Waals surface area (Å²) in [4.78, 5) is 29.4. The van der Waals surface area contributed by atoms with Gasteiger partial charge in [0, 0.05) is 41.7 Å². The van der Waals surface area contributed by atoms with Gasteiger partial charge in [-0.2, -0.15) is 0 Å². The van der Waals surface area contributed by atoms with Crippen molar-refractivity contribution in [1.29, 1.82) is 0 Å². The number of primary amides is 1. The Hall–Kier alpha value is -3.08. The third-order valence-corrected chi connectivity index (χ3v) is 6.64. The van der Waals surface area contributed by atoms with Crippen LogP contribution in [-0.2, 0) is 15.0 Å². The van der Waals surface area contributed by atoms with Gasteiger partial charge in [0.2, 0.25) is 5.91 Å². The second-order valence-electron chi connectivity index (χ2n) is 8.92. The SMILES string of the molecule is CC1CC(C(N)=O)c2ccccc2N1CC(=O)C=C1N(C)c2ccccc2C1(C)C. The van der Waals surface area contributed by atoms with Gasteiger partial charge in [-0.1, -0.05) is 50.2 Å². The van der Waals surface area contributed by atoms with Crippen LogP contribution in [0.2, 0.25) is 0 Å². The van der Waals surface area contributed by atoms with Gasteiger partial charge >= 0.3 is 0 Å². The first-order valence-corrected chi connectivity index (χ1v) is 10.4. The van der Waals surface area contributed by atoms with E-state index in [1.54, 1.807) is 6.08 Å². The van der Waals surface area contributed by atoms with Crippen LogP contribution in [0.4, 0.5) is 11.4 Å². The number of fused-ring (bicyclic) bond motifs is 2. The average molecular weight is 404 g/mol. The van der Waals surface area contributed by atoms with Gasteiger partial charge in [0.1, 0.15) is 0 Å². The van der Waals surface area contributed by atoms with Crippen molar-refractivity contribution in [2.75, 3.05) is 23.4 Å². The lowest BCUT2D eigenvalue weighted by atomic mass is 9.83. The van der Waals surface area contributed by atoms with E-state index in [0.29, 0.717) is 6.42 Å². The summed E-state index contributed by atoms with van der Waals surface area (Å²) >= 11 is 0. The fourth-order valence-electron chi connectivity index (χ4n) is 5.01. The molecule has 2 aliphatic rings. The van der Waals surface area contributed by atoms with Crippen molar-refractivity contribution < 1.29 is 9.59 Å². The van der Waals surface area contributed by atoms with E-state index in [4.69, 9.17) is 5.73 Å². The second kappa shape index (κ2) is 7.31. The summed E-state index contributed by atoms with van der Waals surface area (Å²) in [6.07, 6.45) is 2.41. The van der Waals surface area contributed by atoms with Crippen molar-refractivity contribution >= 4 is 23.1 Å². The molecule has 0 bridgehead atoms. The monoisotopic (exact) mass is 403 g/mol. The Bertz CT molecular complexity index is 1040. The van der Waals surface area contributed by atoms with Gasteiger partial charge < -0.3 is 15.5 Å². The first-order valence-electron chi connectivity index (χ1n) is 10.4. The number of anilines is 2. The number of carbonyl (C=O) groups is 2. The Morgan fingerprint density at radius 1 is 1.10 bits per heavy atom. The predicted octanol–water partition coefficient (Wildman–Crippen LogP) is 3.73. The minimum Gasteiger partial charge on any atom is -0.369 e. The third kappa shape index (κ3) is 3.18. The first kappa shape index (κ1) is 20.2. The standard InChI is InChI=1S/C25H29N3O2/c1-16-13-19(24(26)30)18-9-5-7-11-21(18)28(16)15-17(29)14-23-25(2,3)20-10-6-8-12-22(20)27(23)4/h5-12,14,16,19H,13,15H2,1-4H3,(H2,26,30). The summed E-state index contributed by atoms with van der Waals surface area (Å²) in [5, 5.41) is 0. The molecule has 2 N–H and O–H groups in total. The van der Waals surface area contributed by atoms with Gasteiger partial charge in [-0.15, -0.1) is 0 Å². The van der Waals surface area contributed by atoms with Crippen LogP contribution < -0.4 is 15.5 Å². The number of para-hydroxylation sites is 2. The molecule has 0 aromatic heterocycles. The van der Waals surface area contributed by atoms with Crippen LogP contribution >= 0.6 is 0 Å². The molecule has 5 heteroatoms. The average Bonchev–Trinajstić information content (AvgIpc) is 2.90. The molecule has 156 valence electrons.